The molecule has 3 rings (SSSR count). The standard InChI is InChI=1S/C20H21ClO/c1-14-8-5-6-9-16(14)12-17-10-7-11-18-20(17,21)15(2)13-19(3,4)22-18/h5-13H,1-4H3/b17-12-. The van der Waals surface area contributed by atoms with Gasteiger partial charge in [0.05, 0.1) is 0 Å². The molecule has 1 aliphatic heterocycles. The van der Waals surface area contributed by atoms with E-state index >= 15 is 0 Å². The number of rotatable bonds is 1. The fourth-order valence-corrected chi connectivity index (χ4v) is 3.41. The summed E-state index contributed by atoms with van der Waals surface area (Å²) in [6.45, 7) is 8.30. The van der Waals surface area contributed by atoms with E-state index in [0.717, 1.165) is 16.9 Å². The van der Waals surface area contributed by atoms with Crippen LogP contribution in [0.4, 0.5) is 0 Å². The van der Waals surface area contributed by atoms with Crippen LogP contribution in [-0.4, -0.2) is 10.5 Å². The molecule has 2 aliphatic rings. The van der Waals surface area contributed by atoms with Gasteiger partial charge in [-0.2, -0.15) is 0 Å². The van der Waals surface area contributed by atoms with E-state index in [0.29, 0.717) is 0 Å². The zero-order chi connectivity index (χ0) is 16.0. The Hall–Kier alpha value is -1.73. The van der Waals surface area contributed by atoms with E-state index in [1.54, 1.807) is 0 Å². The molecule has 1 atom stereocenters. The normalized spacial score (nSPS) is 27.8. The molecule has 22 heavy (non-hydrogen) atoms. The smallest absolute Gasteiger partial charge is 0.147 e. The van der Waals surface area contributed by atoms with E-state index in [1.165, 1.54) is 11.1 Å². The highest BCUT2D eigenvalue weighted by Crippen LogP contribution is 2.49. The van der Waals surface area contributed by atoms with Crippen molar-refractivity contribution in [2.45, 2.75) is 38.2 Å². The Morgan fingerprint density at radius 3 is 2.59 bits per heavy atom. The summed E-state index contributed by atoms with van der Waals surface area (Å²) in [7, 11) is 0. The van der Waals surface area contributed by atoms with Crippen molar-refractivity contribution in [3.8, 4) is 0 Å². The molecule has 0 spiro atoms. The van der Waals surface area contributed by atoms with Crippen molar-refractivity contribution in [2.24, 2.45) is 0 Å². The number of halogens is 1. The van der Waals surface area contributed by atoms with E-state index in [-0.39, 0.29) is 5.60 Å². The molecule has 1 heterocycles. The first-order chi connectivity index (χ1) is 10.3. The Balaban J connectivity index is 2.14. The third kappa shape index (κ3) is 2.44. The number of hydrogen-bond acceptors (Lipinski definition) is 1. The topological polar surface area (TPSA) is 9.23 Å². The van der Waals surface area contributed by atoms with Crippen LogP contribution in [0.25, 0.3) is 6.08 Å². The van der Waals surface area contributed by atoms with Crippen LogP contribution in [-0.2, 0) is 4.74 Å². The molecular weight excluding hydrogens is 292 g/mol. The zero-order valence-corrected chi connectivity index (χ0v) is 14.2. The molecular formula is C20H21ClO. The molecule has 1 aromatic carbocycles. The van der Waals surface area contributed by atoms with Gasteiger partial charge >= 0.3 is 0 Å². The lowest BCUT2D eigenvalue weighted by Crippen LogP contribution is -2.40. The van der Waals surface area contributed by atoms with E-state index in [1.807, 2.05) is 24.3 Å². The molecule has 1 nitrogen and oxygen atoms in total. The molecule has 0 N–H and O–H groups in total. The minimum Gasteiger partial charge on any atom is -0.486 e. The molecule has 0 aromatic heterocycles. The summed E-state index contributed by atoms with van der Waals surface area (Å²) in [6, 6.07) is 8.32. The molecule has 2 heteroatoms. The fourth-order valence-electron chi connectivity index (χ4n) is 3.13. The minimum absolute atomic E-state index is 0.326. The van der Waals surface area contributed by atoms with Gasteiger partial charge in [-0.25, -0.2) is 0 Å². The van der Waals surface area contributed by atoms with Crippen LogP contribution in [0.2, 0.25) is 0 Å². The summed E-state index contributed by atoms with van der Waals surface area (Å²) < 4.78 is 6.11. The van der Waals surface area contributed by atoms with Crippen LogP contribution in [0.3, 0.4) is 0 Å². The molecule has 0 saturated heterocycles. The highest BCUT2D eigenvalue weighted by molar-refractivity contribution is 6.31. The van der Waals surface area contributed by atoms with Crippen molar-refractivity contribution < 1.29 is 4.74 Å². The van der Waals surface area contributed by atoms with Crippen LogP contribution in [0.15, 0.2) is 65.5 Å². The summed E-state index contributed by atoms with van der Waals surface area (Å²) in [5.74, 6) is 0.807. The molecule has 1 aromatic rings. The Morgan fingerprint density at radius 1 is 1.14 bits per heavy atom. The van der Waals surface area contributed by atoms with Crippen molar-refractivity contribution in [1.29, 1.82) is 0 Å². The second-order valence-electron chi connectivity index (χ2n) is 6.54. The minimum atomic E-state index is -0.702. The van der Waals surface area contributed by atoms with Crippen LogP contribution in [0.1, 0.15) is 31.9 Å². The predicted octanol–water partition coefficient (Wildman–Crippen LogP) is 5.56. The van der Waals surface area contributed by atoms with Gasteiger partial charge in [-0.3, -0.25) is 0 Å². The average molecular weight is 313 g/mol. The number of fused-ring (bicyclic) bond motifs is 1. The predicted molar refractivity (Wildman–Crippen MR) is 93.9 cm³/mol. The summed E-state index contributed by atoms with van der Waals surface area (Å²) in [5.41, 5.74) is 4.25. The maximum absolute atomic E-state index is 7.04. The number of ether oxygens (including phenoxy) is 1. The molecule has 0 fully saturated rings. The summed E-state index contributed by atoms with van der Waals surface area (Å²) in [6.07, 6.45) is 10.3. The van der Waals surface area contributed by atoms with Crippen molar-refractivity contribution in [1.82, 2.24) is 0 Å². The Bertz CT molecular complexity index is 734. The lowest BCUT2D eigenvalue weighted by Gasteiger charge is -2.42. The first-order valence-corrected chi connectivity index (χ1v) is 7.95. The number of allylic oxidation sites excluding steroid dienone is 4. The number of benzene rings is 1. The van der Waals surface area contributed by atoms with Gasteiger partial charge in [-0.15, -0.1) is 11.6 Å². The Morgan fingerprint density at radius 2 is 1.86 bits per heavy atom. The SMILES string of the molecule is CC1=CC(C)(C)OC2=CC=C/C(=C/c3ccccc3C)C12Cl. The van der Waals surface area contributed by atoms with Crippen LogP contribution >= 0.6 is 11.6 Å². The van der Waals surface area contributed by atoms with Crippen LogP contribution in [0.5, 0.6) is 0 Å². The Kier molecular flexibility index (Phi) is 3.57. The van der Waals surface area contributed by atoms with Crippen molar-refractivity contribution in [3.63, 3.8) is 0 Å². The van der Waals surface area contributed by atoms with Gasteiger partial charge in [-0.1, -0.05) is 36.4 Å². The van der Waals surface area contributed by atoms with Gasteiger partial charge < -0.3 is 4.74 Å². The largest absolute Gasteiger partial charge is 0.486 e. The highest BCUT2D eigenvalue weighted by Gasteiger charge is 2.45. The molecule has 0 bridgehead atoms. The molecule has 0 radical (unpaired) electrons. The third-order valence-corrected chi connectivity index (χ3v) is 4.94. The van der Waals surface area contributed by atoms with Gasteiger partial charge in [0, 0.05) is 0 Å². The van der Waals surface area contributed by atoms with E-state index in [4.69, 9.17) is 16.3 Å². The number of hydrogen-bond donors (Lipinski definition) is 0. The number of aryl methyl sites for hydroxylation is 1. The van der Waals surface area contributed by atoms with Gasteiger partial charge in [0.15, 0.2) is 0 Å². The zero-order valence-electron chi connectivity index (χ0n) is 13.5. The lowest BCUT2D eigenvalue weighted by molar-refractivity contribution is 0.0582. The quantitative estimate of drug-likeness (QED) is 0.487. The van der Waals surface area contributed by atoms with Crippen molar-refractivity contribution >= 4 is 17.7 Å². The van der Waals surface area contributed by atoms with E-state index in [9.17, 15) is 0 Å². The van der Waals surface area contributed by atoms with Gasteiger partial charge in [-0.05, 0) is 68.2 Å². The summed E-state index contributed by atoms with van der Waals surface area (Å²) in [4.78, 5) is -0.702. The monoisotopic (exact) mass is 312 g/mol. The summed E-state index contributed by atoms with van der Waals surface area (Å²) in [5, 5.41) is 0. The lowest BCUT2D eigenvalue weighted by atomic mass is 9.80. The van der Waals surface area contributed by atoms with E-state index in [2.05, 4.69) is 58.1 Å². The first kappa shape index (κ1) is 15.2. The van der Waals surface area contributed by atoms with Crippen molar-refractivity contribution in [2.75, 3.05) is 0 Å². The van der Waals surface area contributed by atoms with Gasteiger partial charge in [0.1, 0.15) is 16.2 Å². The second kappa shape index (κ2) is 5.17. The molecule has 1 unspecified atom stereocenters. The van der Waals surface area contributed by atoms with Crippen molar-refractivity contribution in [3.05, 3.63) is 76.6 Å². The average Bonchev–Trinajstić information content (AvgIpc) is 2.43. The number of alkyl halides is 1. The van der Waals surface area contributed by atoms with Gasteiger partial charge in [0.25, 0.3) is 0 Å². The molecule has 114 valence electrons. The van der Waals surface area contributed by atoms with E-state index < -0.39 is 4.87 Å². The molecule has 0 amide bonds. The van der Waals surface area contributed by atoms with Crippen LogP contribution in [0, 0.1) is 6.92 Å². The summed E-state index contributed by atoms with van der Waals surface area (Å²) >= 11 is 7.04. The maximum atomic E-state index is 7.04. The third-order valence-electron chi connectivity index (χ3n) is 4.24. The fraction of sp³-hybridized carbons (Fsp3) is 0.300. The molecule has 0 saturated carbocycles. The second-order valence-corrected chi connectivity index (χ2v) is 7.10. The van der Waals surface area contributed by atoms with Gasteiger partial charge in [0.2, 0.25) is 0 Å². The molecule has 1 aliphatic carbocycles. The highest BCUT2D eigenvalue weighted by atomic mass is 35.5. The maximum Gasteiger partial charge on any atom is 0.147 e. The first-order valence-electron chi connectivity index (χ1n) is 7.57. The Labute approximate surface area is 137 Å². The van der Waals surface area contributed by atoms with Crippen LogP contribution < -0.4 is 0 Å².